The fourth-order valence-corrected chi connectivity index (χ4v) is 5.46. The maximum atomic E-state index is 13.5. The van der Waals surface area contributed by atoms with Crippen molar-refractivity contribution >= 4 is 34.7 Å². The molecular formula is C20H29N5O4S. The van der Waals surface area contributed by atoms with Gasteiger partial charge in [-0.3, -0.25) is 24.9 Å². The monoisotopic (exact) mass is 435 g/mol. The summed E-state index contributed by atoms with van der Waals surface area (Å²) in [6, 6.07) is -0.554. The van der Waals surface area contributed by atoms with Crippen LogP contribution < -0.4 is 5.32 Å². The van der Waals surface area contributed by atoms with Crippen molar-refractivity contribution in [2.45, 2.75) is 63.8 Å². The van der Waals surface area contributed by atoms with Crippen molar-refractivity contribution in [3.63, 3.8) is 0 Å². The molecule has 0 bridgehead atoms. The van der Waals surface area contributed by atoms with Gasteiger partial charge in [-0.25, -0.2) is 5.06 Å². The molecule has 1 spiro atoms. The zero-order chi connectivity index (χ0) is 21.1. The number of hydrogen-bond donors (Lipinski definition) is 2. The van der Waals surface area contributed by atoms with Crippen LogP contribution in [0, 0.1) is 17.3 Å². The molecule has 30 heavy (non-hydrogen) atoms. The second-order valence-electron chi connectivity index (χ2n) is 9.07. The van der Waals surface area contributed by atoms with Crippen molar-refractivity contribution in [3.8, 4) is 0 Å². The minimum Gasteiger partial charge on any atom is -0.330 e. The van der Waals surface area contributed by atoms with Crippen LogP contribution in [0.15, 0.2) is 5.51 Å². The van der Waals surface area contributed by atoms with E-state index in [2.05, 4.69) is 15.5 Å². The lowest BCUT2D eigenvalue weighted by Gasteiger charge is -2.29. The normalized spacial score (nSPS) is 23.5. The summed E-state index contributed by atoms with van der Waals surface area (Å²) in [4.78, 5) is 39.1. The first-order valence-electron chi connectivity index (χ1n) is 10.8. The van der Waals surface area contributed by atoms with Gasteiger partial charge >= 0.3 is 0 Å². The molecule has 1 aliphatic heterocycles. The summed E-state index contributed by atoms with van der Waals surface area (Å²) in [5, 5.41) is 21.1. The summed E-state index contributed by atoms with van der Waals surface area (Å²) in [5.41, 5.74) is 1.59. The highest BCUT2D eigenvalue weighted by molar-refractivity contribution is 7.13. The Hall–Kier alpha value is -2.07. The number of amides is 3. The van der Waals surface area contributed by atoms with Crippen LogP contribution in [0.1, 0.15) is 57.8 Å². The lowest BCUT2D eigenvalue weighted by atomic mass is 9.93. The Kier molecular flexibility index (Phi) is 6.33. The molecule has 3 amide bonds. The van der Waals surface area contributed by atoms with Gasteiger partial charge in [0.15, 0.2) is 0 Å². The topological polar surface area (TPSA) is 116 Å². The molecule has 2 aliphatic carbocycles. The fraction of sp³-hybridized carbons (Fsp3) is 0.750. The summed E-state index contributed by atoms with van der Waals surface area (Å²) < 4.78 is 0. The molecule has 1 saturated heterocycles. The van der Waals surface area contributed by atoms with Crippen molar-refractivity contribution in [2.24, 2.45) is 17.3 Å². The fourth-order valence-electron chi connectivity index (χ4n) is 5.01. The lowest BCUT2D eigenvalue weighted by molar-refractivity contribution is -0.158. The van der Waals surface area contributed by atoms with E-state index in [0.29, 0.717) is 41.9 Å². The summed E-state index contributed by atoms with van der Waals surface area (Å²) in [6.07, 6.45) is 9.36. The third kappa shape index (κ3) is 4.80. The van der Waals surface area contributed by atoms with Gasteiger partial charge in [-0.05, 0) is 43.4 Å². The average molecular weight is 436 g/mol. The molecule has 2 N–H and O–H groups in total. The highest BCUT2D eigenvalue weighted by Gasteiger charge is 2.55. The SMILES string of the molecule is O=CN(O)C[C@@H](CCC1CCCC1)C(=O)N1CC2(CC2)C[C@H]1C(=O)Nc1nncs1. The maximum Gasteiger partial charge on any atom is 0.249 e. The lowest BCUT2D eigenvalue weighted by Crippen LogP contribution is -2.47. The highest BCUT2D eigenvalue weighted by atomic mass is 32.1. The van der Waals surface area contributed by atoms with Crippen molar-refractivity contribution in [3.05, 3.63) is 5.51 Å². The number of anilines is 1. The number of likely N-dealkylation sites (tertiary alicyclic amines) is 1. The first kappa shape index (κ1) is 21.2. The smallest absolute Gasteiger partial charge is 0.249 e. The van der Waals surface area contributed by atoms with E-state index in [-0.39, 0.29) is 23.8 Å². The van der Waals surface area contributed by atoms with Crippen LogP contribution >= 0.6 is 11.3 Å². The van der Waals surface area contributed by atoms with Gasteiger partial charge in [-0.1, -0.05) is 37.0 Å². The number of hydroxylamine groups is 2. The van der Waals surface area contributed by atoms with E-state index in [4.69, 9.17) is 0 Å². The van der Waals surface area contributed by atoms with Crippen LogP contribution in [0.3, 0.4) is 0 Å². The first-order valence-corrected chi connectivity index (χ1v) is 11.7. The van der Waals surface area contributed by atoms with E-state index < -0.39 is 12.0 Å². The van der Waals surface area contributed by atoms with Gasteiger partial charge in [-0.2, -0.15) is 0 Å². The molecule has 3 aliphatic rings. The van der Waals surface area contributed by atoms with Crippen LogP contribution in [0.25, 0.3) is 0 Å². The second-order valence-corrected chi connectivity index (χ2v) is 9.90. The minimum absolute atomic E-state index is 0.0384. The van der Waals surface area contributed by atoms with E-state index in [1.165, 1.54) is 37.0 Å². The van der Waals surface area contributed by atoms with Crippen LogP contribution in [-0.2, 0) is 14.4 Å². The molecule has 10 heteroatoms. The van der Waals surface area contributed by atoms with Gasteiger partial charge in [0.25, 0.3) is 0 Å². The molecule has 2 heterocycles. The number of nitrogens with zero attached hydrogens (tertiary/aromatic N) is 4. The average Bonchev–Trinajstić information content (AvgIpc) is 3.17. The Morgan fingerprint density at radius 2 is 2.17 bits per heavy atom. The van der Waals surface area contributed by atoms with Crippen molar-refractivity contribution in [1.82, 2.24) is 20.2 Å². The Balaban J connectivity index is 1.46. The molecule has 1 aromatic heterocycles. The Morgan fingerprint density at radius 3 is 2.80 bits per heavy atom. The van der Waals surface area contributed by atoms with Gasteiger partial charge in [-0.15, -0.1) is 10.2 Å². The second kappa shape index (κ2) is 8.97. The quantitative estimate of drug-likeness (QED) is 0.349. The van der Waals surface area contributed by atoms with Gasteiger partial charge < -0.3 is 4.90 Å². The van der Waals surface area contributed by atoms with Crippen molar-refractivity contribution in [2.75, 3.05) is 18.4 Å². The summed E-state index contributed by atoms with van der Waals surface area (Å²) in [7, 11) is 0. The number of rotatable bonds is 9. The summed E-state index contributed by atoms with van der Waals surface area (Å²) in [5.74, 6) is -0.287. The van der Waals surface area contributed by atoms with Crippen LogP contribution in [0.2, 0.25) is 0 Å². The first-order chi connectivity index (χ1) is 14.5. The van der Waals surface area contributed by atoms with Crippen molar-refractivity contribution in [1.29, 1.82) is 0 Å². The van der Waals surface area contributed by atoms with E-state index in [9.17, 15) is 19.6 Å². The third-order valence-electron chi connectivity index (χ3n) is 6.92. The Labute approximate surface area is 179 Å². The van der Waals surface area contributed by atoms with E-state index in [1.54, 1.807) is 10.4 Å². The molecule has 9 nitrogen and oxygen atoms in total. The molecule has 4 rings (SSSR count). The third-order valence-corrected chi connectivity index (χ3v) is 7.52. The zero-order valence-electron chi connectivity index (χ0n) is 17.0. The summed E-state index contributed by atoms with van der Waals surface area (Å²) >= 11 is 1.24. The number of nitrogens with one attached hydrogen (secondary N) is 1. The summed E-state index contributed by atoms with van der Waals surface area (Å²) in [6.45, 7) is 0.524. The molecule has 2 atom stereocenters. The molecule has 2 saturated carbocycles. The zero-order valence-corrected chi connectivity index (χ0v) is 17.9. The Bertz CT molecular complexity index is 763. The van der Waals surface area contributed by atoms with E-state index in [1.807, 2.05) is 0 Å². The van der Waals surface area contributed by atoms with Crippen molar-refractivity contribution < 1.29 is 19.6 Å². The minimum atomic E-state index is -0.554. The number of carbonyl (C=O) groups excluding carboxylic acids is 3. The molecule has 0 radical (unpaired) electrons. The molecule has 164 valence electrons. The van der Waals surface area contributed by atoms with Gasteiger partial charge in [0.1, 0.15) is 11.6 Å². The number of carbonyl (C=O) groups is 3. The van der Waals surface area contributed by atoms with Crippen LogP contribution in [-0.4, -0.2) is 62.7 Å². The molecule has 0 unspecified atom stereocenters. The van der Waals surface area contributed by atoms with Gasteiger partial charge in [0.05, 0.1) is 12.5 Å². The molecule has 3 fully saturated rings. The van der Waals surface area contributed by atoms with E-state index in [0.717, 1.165) is 19.3 Å². The van der Waals surface area contributed by atoms with Crippen LogP contribution in [0.4, 0.5) is 5.13 Å². The molecule has 0 aromatic carbocycles. The van der Waals surface area contributed by atoms with Crippen LogP contribution in [0.5, 0.6) is 0 Å². The Morgan fingerprint density at radius 1 is 1.40 bits per heavy atom. The standard InChI is InChI=1S/C20H29N5O4S/c26-13-24(29)10-15(6-5-14-3-1-2-4-14)18(28)25-11-20(7-8-20)9-16(25)17(27)22-19-23-21-12-30-19/h12-16,29H,1-11H2,(H,22,23,27)/t15-,16+/m1/s1. The van der Waals surface area contributed by atoms with E-state index >= 15 is 0 Å². The largest absolute Gasteiger partial charge is 0.330 e. The maximum absolute atomic E-state index is 13.5. The predicted octanol–water partition coefficient (Wildman–Crippen LogP) is 2.29. The molecular weight excluding hydrogens is 406 g/mol. The van der Waals surface area contributed by atoms with Gasteiger partial charge in [0.2, 0.25) is 23.4 Å². The number of aromatic nitrogens is 2. The predicted molar refractivity (Wildman–Crippen MR) is 110 cm³/mol. The number of hydrogen-bond acceptors (Lipinski definition) is 7. The van der Waals surface area contributed by atoms with Gasteiger partial charge in [0, 0.05) is 6.54 Å². The molecule has 1 aromatic rings. The highest BCUT2D eigenvalue weighted by Crippen LogP contribution is 2.55.